The van der Waals surface area contributed by atoms with Crippen LogP contribution < -0.4 is 5.32 Å². The summed E-state index contributed by atoms with van der Waals surface area (Å²) in [6, 6.07) is 5.77. The fourth-order valence-electron chi connectivity index (χ4n) is 3.31. The molecule has 1 aliphatic rings. The lowest BCUT2D eigenvalue weighted by Gasteiger charge is -2.34. The number of benzene rings is 1. The van der Waals surface area contributed by atoms with Gasteiger partial charge < -0.3 is 15.2 Å². The van der Waals surface area contributed by atoms with Gasteiger partial charge in [-0.15, -0.1) is 0 Å². The Bertz CT molecular complexity index is 785. The Morgan fingerprint density at radius 3 is 2.48 bits per heavy atom. The molecule has 0 spiro atoms. The second kappa shape index (κ2) is 8.81. The second-order valence-corrected chi connectivity index (χ2v) is 9.01. The SMILES string of the molecule is COC(CNC(=O)c1cccc(S(=O)(=O)N2CC(C)CC(C)C2)c1)C(=O)O. The highest BCUT2D eigenvalue weighted by atomic mass is 32.2. The topological polar surface area (TPSA) is 113 Å². The average Bonchev–Trinajstić information content (AvgIpc) is 2.61. The van der Waals surface area contributed by atoms with Gasteiger partial charge >= 0.3 is 5.97 Å². The predicted octanol–water partition coefficient (Wildman–Crippen LogP) is 1.18. The molecule has 0 aliphatic carbocycles. The smallest absolute Gasteiger partial charge is 0.334 e. The number of amides is 1. The fourth-order valence-corrected chi connectivity index (χ4v) is 5.03. The minimum absolute atomic E-state index is 0.0537. The van der Waals surface area contributed by atoms with Crippen LogP contribution in [0.1, 0.15) is 30.6 Å². The number of aliphatic carboxylic acids is 1. The molecule has 1 aliphatic heterocycles. The highest BCUT2D eigenvalue weighted by Crippen LogP contribution is 2.27. The number of rotatable bonds is 7. The fraction of sp³-hybridized carbons (Fsp3) is 0.556. The van der Waals surface area contributed by atoms with Gasteiger partial charge in [0.2, 0.25) is 10.0 Å². The Labute approximate surface area is 159 Å². The second-order valence-electron chi connectivity index (χ2n) is 7.07. The zero-order valence-corrected chi connectivity index (χ0v) is 16.5. The van der Waals surface area contributed by atoms with Gasteiger partial charge in [0, 0.05) is 25.8 Å². The molecule has 9 heteroatoms. The van der Waals surface area contributed by atoms with Gasteiger partial charge in [-0.3, -0.25) is 4.79 Å². The monoisotopic (exact) mass is 398 g/mol. The van der Waals surface area contributed by atoms with Crippen molar-refractivity contribution >= 4 is 21.9 Å². The molecule has 0 radical (unpaired) electrons. The first kappa shape index (κ1) is 21.3. The summed E-state index contributed by atoms with van der Waals surface area (Å²) < 4.78 is 32.1. The van der Waals surface area contributed by atoms with Crippen molar-refractivity contribution in [3.63, 3.8) is 0 Å². The van der Waals surface area contributed by atoms with Crippen LogP contribution in [0.25, 0.3) is 0 Å². The molecule has 27 heavy (non-hydrogen) atoms. The van der Waals surface area contributed by atoms with Crippen LogP contribution >= 0.6 is 0 Å². The molecule has 150 valence electrons. The van der Waals surface area contributed by atoms with E-state index in [0.29, 0.717) is 13.1 Å². The van der Waals surface area contributed by atoms with Crippen molar-refractivity contribution in [3.05, 3.63) is 29.8 Å². The third kappa shape index (κ3) is 5.27. The van der Waals surface area contributed by atoms with E-state index in [-0.39, 0.29) is 28.8 Å². The van der Waals surface area contributed by atoms with Crippen LogP contribution in [0.15, 0.2) is 29.2 Å². The third-order valence-electron chi connectivity index (χ3n) is 4.58. The molecule has 1 aromatic carbocycles. The van der Waals surface area contributed by atoms with E-state index < -0.39 is 28.0 Å². The first-order valence-corrected chi connectivity index (χ1v) is 10.2. The van der Waals surface area contributed by atoms with Gasteiger partial charge in [0.05, 0.1) is 11.4 Å². The van der Waals surface area contributed by atoms with Crippen LogP contribution in [0, 0.1) is 11.8 Å². The normalized spacial score (nSPS) is 22.2. The number of carboxylic acid groups (broad SMARTS) is 1. The van der Waals surface area contributed by atoms with Gasteiger partial charge in [0.1, 0.15) is 0 Å². The maximum Gasteiger partial charge on any atom is 0.334 e. The molecule has 0 saturated carbocycles. The summed E-state index contributed by atoms with van der Waals surface area (Å²) in [5.74, 6) is -1.20. The van der Waals surface area contributed by atoms with E-state index in [4.69, 9.17) is 9.84 Å². The quantitative estimate of drug-likeness (QED) is 0.713. The Kier molecular flexibility index (Phi) is 6.96. The zero-order chi connectivity index (χ0) is 20.2. The minimum atomic E-state index is -3.70. The van der Waals surface area contributed by atoms with E-state index in [1.807, 2.05) is 13.8 Å². The molecule has 2 N–H and O–H groups in total. The molecule has 0 bridgehead atoms. The largest absolute Gasteiger partial charge is 0.479 e. The van der Waals surface area contributed by atoms with Crippen LogP contribution in [0.4, 0.5) is 0 Å². The summed E-state index contributed by atoms with van der Waals surface area (Å²) >= 11 is 0. The predicted molar refractivity (Wildman–Crippen MR) is 98.9 cm³/mol. The van der Waals surface area contributed by atoms with Gasteiger partial charge in [-0.25, -0.2) is 13.2 Å². The van der Waals surface area contributed by atoms with Crippen molar-refractivity contribution in [2.75, 3.05) is 26.7 Å². The molecule has 1 amide bonds. The molecular formula is C18H26N2O6S. The number of nitrogens with zero attached hydrogens (tertiary/aromatic N) is 1. The number of carboxylic acids is 1. The Morgan fingerprint density at radius 1 is 1.30 bits per heavy atom. The van der Waals surface area contributed by atoms with Crippen LogP contribution in [-0.4, -0.2) is 62.6 Å². The summed E-state index contributed by atoms with van der Waals surface area (Å²) in [5.41, 5.74) is 0.148. The molecule has 2 rings (SSSR count). The lowest BCUT2D eigenvalue weighted by atomic mass is 9.94. The molecule has 1 aromatic rings. The highest BCUT2D eigenvalue weighted by Gasteiger charge is 2.32. The van der Waals surface area contributed by atoms with Crippen molar-refractivity contribution in [1.82, 2.24) is 9.62 Å². The number of piperidine rings is 1. The first-order valence-electron chi connectivity index (χ1n) is 8.79. The van der Waals surface area contributed by atoms with E-state index in [1.54, 1.807) is 0 Å². The number of nitrogens with one attached hydrogen (secondary N) is 1. The number of sulfonamides is 1. The number of carbonyl (C=O) groups is 2. The van der Waals surface area contributed by atoms with Gasteiger partial charge in [-0.1, -0.05) is 19.9 Å². The highest BCUT2D eigenvalue weighted by molar-refractivity contribution is 7.89. The van der Waals surface area contributed by atoms with Crippen molar-refractivity contribution in [3.8, 4) is 0 Å². The molecule has 1 fully saturated rings. The molecule has 1 heterocycles. The molecular weight excluding hydrogens is 372 g/mol. The lowest BCUT2D eigenvalue weighted by molar-refractivity contribution is -0.148. The van der Waals surface area contributed by atoms with Crippen molar-refractivity contribution < 1.29 is 27.9 Å². The zero-order valence-electron chi connectivity index (χ0n) is 15.7. The Balaban J connectivity index is 2.16. The molecule has 0 aromatic heterocycles. The van der Waals surface area contributed by atoms with E-state index in [1.165, 1.54) is 35.7 Å². The van der Waals surface area contributed by atoms with Gasteiger partial charge in [0.25, 0.3) is 5.91 Å². The number of ether oxygens (including phenoxy) is 1. The van der Waals surface area contributed by atoms with Crippen LogP contribution in [0.5, 0.6) is 0 Å². The summed E-state index contributed by atoms with van der Waals surface area (Å²) in [6.45, 7) is 4.74. The van der Waals surface area contributed by atoms with E-state index in [9.17, 15) is 18.0 Å². The van der Waals surface area contributed by atoms with Crippen molar-refractivity contribution in [1.29, 1.82) is 0 Å². The molecule has 3 atom stereocenters. The molecule has 3 unspecified atom stereocenters. The number of carbonyl (C=O) groups excluding carboxylic acids is 1. The van der Waals surface area contributed by atoms with E-state index in [0.717, 1.165) is 6.42 Å². The van der Waals surface area contributed by atoms with E-state index in [2.05, 4.69) is 5.32 Å². The molecule has 1 saturated heterocycles. The number of hydrogen-bond acceptors (Lipinski definition) is 5. The maximum atomic E-state index is 13.0. The van der Waals surface area contributed by atoms with Crippen molar-refractivity contribution in [2.24, 2.45) is 11.8 Å². The number of hydrogen-bond donors (Lipinski definition) is 2. The van der Waals surface area contributed by atoms with Gasteiger partial charge in [0.15, 0.2) is 6.10 Å². The summed E-state index contributed by atoms with van der Waals surface area (Å²) in [7, 11) is -2.46. The van der Waals surface area contributed by atoms with Crippen LogP contribution in [0.2, 0.25) is 0 Å². The minimum Gasteiger partial charge on any atom is -0.479 e. The van der Waals surface area contributed by atoms with Crippen molar-refractivity contribution in [2.45, 2.75) is 31.3 Å². The summed E-state index contributed by atoms with van der Waals surface area (Å²) in [4.78, 5) is 23.3. The van der Waals surface area contributed by atoms with E-state index >= 15 is 0 Å². The number of methoxy groups -OCH3 is 1. The maximum absolute atomic E-state index is 13.0. The first-order chi connectivity index (χ1) is 12.6. The lowest BCUT2D eigenvalue weighted by Crippen LogP contribution is -2.42. The Morgan fingerprint density at radius 2 is 1.93 bits per heavy atom. The standard InChI is InChI=1S/C18H26N2O6S/c1-12-7-13(2)11-20(10-12)27(24,25)15-6-4-5-14(8-15)17(21)19-9-16(26-3)18(22)23/h4-6,8,12-13,16H,7,9-11H2,1-3H3,(H,19,21)(H,22,23). The summed E-state index contributed by atoms with van der Waals surface area (Å²) in [6.07, 6.45) is -0.184. The van der Waals surface area contributed by atoms with Crippen LogP contribution in [0.3, 0.4) is 0 Å². The van der Waals surface area contributed by atoms with Crippen LogP contribution in [-0.2, 0) is 19.6 Å². The third-order valence-corrected chi connectivity index (χ3v) is 6.40. The van der Waals surface area contributed by atoms with Gasteiger partial charge in [-0.05, 0) is 36.5 Å². The summed E-state index contributed by atoms with van der Waals surface area (Å²) in [5, 5.41) is 11.4. The molecule has 8 nitrogen and oxygen atoms in total. The Hall–Kier alpha value is -1.97. The average molecular weight is 398 g/mol. The van der Waals surface area contributed by atoms with Gasteiger partial charge in [-0.2, -0.15) is 4.31 Å².